The molecule has 0 saturated heterocycles. The van der Waals surface area contributed by atoms with Crippen molar-refractivity contribution in [1.82, 2.24) is 10.2 Å². The molecule has 0 aliphatic rings. The normalized spacial score (nSPS) is 10.0. The van der Waals surface area contributed by atoms with Gasteiger partial charge in [0.05, 0.1) is 4.92 Å². The first-order valence-electron chi connectivity index (χ1n) is 4.71. The van der Waals surface area contributed by atoms with Gasteiger partial charge in [-0.1, -0.05) is 11.3 Å². The van der Waals surface area contributed by atoms with Gasteiger partial charge in [0.1, 0.15) is 5.01 Å². The number of anilines is 1. The number of aromatic nitrogens is 2. The lowest BCUT2D eigenvalue weighted by Crippen LogP contribution is -2.18. The molecule has 0 aliphatic carbocycles. The number of benzene rings is 1. The zero-order chi connectivity index (χ0) is 13.1. The summed E-state index contributed by atoms with van der Waals surface area (Å²) in [5.74, 6) is 0. The van der Waals surface area contributed by atoms with Crippen LogP contribution in [0.5, 0.6) is 0 Å². The quantitative estimate of drug-likeness (QED) is 0.501. The van der Waals surface area contributed by atoms with Gasteiger partial charge in [-0.15, -0.1) is 10.2 Å². The zero-order valence-corrected chi connectivity index (χ0v) is 10.5. The highest BCUT2D eigenvalue weighted by Gasteiger charge is 2.09. The predicted molar refractivity (Wildman–Crippen MR) is 72.4 cm³/mol. The maximum Gasteiger partial charge on any atom is 0.269 e. The first-order chi connectivity index (χ1) is 8.56. The third-order valence-corrected chi connectivity index (χ3v) is 2.97. The van der Waals surface area contributed by atoms with Crippen LogP contribution in [0.1, 0.15) is 0 Å². The summed E-state index contributed by atoms with van der Waals surface area (Å²) < 4.78 is 0. The highest BCUT2D eigenvalue weighted by atomic mass is 32.1. The maximum absolute atomic E-state index is 10.5. The number of nitro groups is 1. The van der Waals surface area contributed by atoms with Crippen LogP contribution in [0.2, 0.25) is 0 Å². The third-order valence-electron chi connectivity index (χ3n) is 1.98. The van der Waals surface area contributed by atoms with E-state index in [1.165, 1.54) is 23.5 Å². The molecule has 18 heavy (non-hydrogen) atoms. The standard InChI is InChI=1S/C9H7N5O2S2/c10-8(17)11-9-13-12-7(18-9)5-1-3-6(4-2-5)14(15)16/h1-4H,(H3,10,11,13,17). The number of nitrogens with zero attached hydrogens (tertiary/aromatic N) is 3. The first-order valence-corrected chi connectivity index (χ1v) is 5.93. The molecule has 9 heteroatoms. The van der Waals surface area contributed by atoms with Crippen LogP contribution in [-0.4, -0.2) is 20.2 Å². The minimum absolute atomic E-state index is 0.0322. The Morgan fingerprint density at radius 1 is 1.39 bits per heavy atom. The molecule has 0 spiro atoms. The summed E-state index contributed by atoms with van der Waals surface area (Å²) in [5, 5.41) is 22.2. The average Bonchev–Trinajstić information content (AvgIpc) is 2.76. The largest absolute Gasteiger partial charge is 0.376 e. The molecular formula is C9H7N5O2S2. The zero-order valence-electron chi connectivity index (χ0n) is 8.86. The molecule has 0 amide bonds. The van der Waals surface area contributed by atoms with Crippen LogP contribution >= 0.6 is 23.6 Å². The van der Waals surface area contributed by atoms with E-state index in [-0.39, 0.29) is 10.8 Å². The van der Waals surface area contributed by atoms with Gasteiger partial charge in [0.25, 0.3) is 5.69 Å². The molecule has 1 aromatic carbocycles. The molecule has 0 bridgehead atoms. The lowest BCUT2D eigenvalue weighted by Gasteiger charge is -1.95. The van der Waals surface area contributed by atoms with Crippen molar-refractivity contribution in [1.29, 1.82) is 0 Å². The minimum atomic E-state index is -0.455. The van der Waals surface area contributed by atoms with Gasteiger partial charge in [0, 0.05) is 17.7 Å². The molecule has 7 nitrogen and oxygen atoms in total. The Morgan fingerprint density at radius 3 is 2.61 bits per heavy atom. The summed E-state index contributed by atoms with van der Waals surface area (Å²) in [5.41, 5.74) is 6.09. The summed E-state index contributed by atoms with van der Waals surface area (Å²) in [6, 6.07) is 6.06. The van der Waals surface area contributed by atoms with Gasteiger partial charge in [-0.25, -0.2) is 0 Å². The highest BCUT2D eigenvalue weighted by Crippen LogP contribution is 2.27. The van der Waals surface area contributed by atoms with Crippen LogP contribution in [0.3, 0.4) is 0 Å². The van der Waals surface area contributed by atoms with Crippen molar-refractivity contribution < 1.29 is 4.92 Å². The molecule has 0 atom stereocenters. The van der Waals surface area contributed by atoms with Crippen molar-refractivity contribution in [2.45, 2.75) is 0 Å². The van der Waals surface area contributed by atoms with E-state index in [2.05, 4.69) is 27.7 Å². The molecule has 0 fully saturated rings. The Bertz CT molecular complexity index is 595. The number of hydrogen-bond donors (Lipinski definition) is 2. The Labute approximate surface area is 111 Å². The minimum Gasteiger partial charge on any atom is -0.376 e. The number of non-ortho nitro benzene ring substituents is 1. The molecular weight excluding hydrogens is 274 g/mol. The van der Waals surface area contributed by atoms with Crippen molar-refractivity contribution in [2.24, 2.45) is 5.73 Å². The molecule has 2 aromatic rings. The number of hydrogen-bond acceptors (Lipinski definition) is 6. The number of nitrogens with one attached hydrogen (secondary N) is 1. The van der Waals surface area contributed by atoms with E-state index in [0.29, 0.717) is 10.1 Å². The second-order valence-corrected chi connectivity index (χ2v) is 4.62. The number of thiocarbonyl (C=S) groups is 1. The Balaban J connectivity index is 2.23. The number of rotatable bonds is 3. The second-order valence-electron chi connectivity index (χ2n) is 3.21. The Kier molecular flexibility index (Phi) is 3.44. The molecule has 1 aromatic heterocycles. The van der Waals surface area contributed by atoms with Crippen LogP contribution in [-0.2, 0) is 0 Å². The fourth-order valence-electron chi connectivity index (χ4n) is 1.22. The van der Waals surface area contributed by atoms with E-state index < -0.39 is 4.92 Å². The molecule has 0 aliphatic heterocycles. The van der Waals surface area contributed by atoms with Gasteiger partial charge in [-0.2, -0.15) is 0 Å². The summed E-state index contributed by atoms with van der Waals surface area (Å²) in [4.78, 5) is 10.1. The van der Waals surface area contributed by atoms with E-state index in [4.69, 9.17) is 5.73 Å². The van der Waals surface area contributed by atoms with E-state index in [9.17, 15) is 10.1 Å². The smallest absolute Gasteiger partial charge is 0.269 e. The fourth-order valence-corrected chi connectivity index (χ4v) is 2.14. The summed E-state index contributed by atoms with van der Waals surface area (Å²) in [6.07, 6.45) is 0. The predicted octanol–water partition coefficient (Wildman–Crippen LogP) is 1.77. The van der Waals surface area contributed by atoms with E-state index in [0.717, 1.165) is 5.56 Å². The van der Waals surface area contributed by atoms with E-state index >= 15 is 0 Å². The first kappa shape index (κ1) is 12.3. The second kappa shape index (κ2) is 5.02. The van der Waals surface area contributed by atoms with Crippen LogP contribution in [0, 0.1) is 10.1 Å². The van der Waals surface area contributed by atoms with E-state index in [1.54, 1.807) is 12.1 Å². The van der Waals surface area contributed by atoms with Gasteiger partial charge in [0.2, 0.25) is 5.13 Å². The lowest BCUT2D eigenvalue weighted by molar-refractivity contribution is -0.384. The van der Waals surface area contributed by atoms with Gasteiger partial charge >= 0.3 is 0 Å². The van der Waals surface area contributed by atoms with Crippen molar-refractivity contribution in [2.75, 3.05) is 5.32 Å². The molecule has 1 heterocycles. The van der Waals surface area contributed by atoms with Gasteiger partial charge < -0.3 is 11.1 Å². The van der Waals surface area contributed by atoms with Gasteiger partial charge in [0.15, 0.2) is 5.11 Å². The summed E-state index contributed by atoms with van der Waals surface area (Å²) >= 11 is 5.94. The maximum atomic E-state index is 10.5. The third kappa shape index (κ3) is 2.76. The monoisotopic (exact) mass is 281 g/mol. The molecule has 0 radical (unpaired) electrons. The van der Waals surface area contributed by atoms with Gasteiger partial charge in [-0.3, -0.25) is 10.1 Å². The van der Waals surface area contributed by atoms with Crippen molar-refractivity contribution in [3.8, 4) is 10.6 Å². The Hall–Kier alpha value is -2.13. The molecule has 2 rings (SSSR count). The SMILES string of the molecule is NC(=S)Nc1nnc(-c2ccc([N+](=O)[O-])cc2)s1. The van der Waals surface area contributed by atoms with Crippen molar-refractivity contribution >= 4 is 39.5 Å². The summed E-state index contributed by atoms with van der Waals surface area (Å²) in [7, 11) is 0. The van der Waals surface area contributed by atoms with Gasteiger partial charge in [-0.05, 0) is 24.4 Å². The average molecular weight is 281 g/mol. The van der Waals surface area contributed by atoms with Crippen LogP contribution < -0.4 is 11.1 Å². The molecule has 0 saturated carbocycles. The van der Waals surface area contributed by atoms with Crippen LogP contribution in [0.15, 0.2) is 24.3 Å². The Morgan fingerprint density at radius 2 is 2.06 bits per heavy atom. The van der Waals surface area contributed by atoms with E-state index in [1.807, 2.05) is 0 Å². The summed E-state index contributed by atoms with van der Waals surface area (Å²) in [6.45, 7) is 0. The van der Waals surface area contributed by atoms with Crippen molar-refractivity contribution in [3.05, 3.63) is 34.4 Å². The molecule has 0 unspecified atom stereocenters. The number of nitrogens with two attached hydrogens (primary N) is 1. The van der Waals surface area contributed by atoms with Crippen LogP contribution in [0.25, 0.3) is 10.6 Å². The highest BCUT2D eigenvalue weighted by molar-refractivity contribution is 7.80. The number of nitro benzene ring substituents is 1. The van der Waals surface area contributed by atoms with Crippen LogP contribution in [0.4, 0.5) is 10.8 Å². The molecule has 3 N–H and O–H groups in total. The van der Waals surface area contributed by atoms with Crippen molar-refractivity contribution in [3.63, 3.8) is 0 Å². The topological polar surface area (TPSA) is 107 Å². The lowest BCUT2D eigenvalue weighted by atomic mass is 10.2. The molecule has 92 valence electrons. The fraction of sp³-hybridized carbons (Fsp3) is 0.